The Morgan fingerprint density at radius 2 is 1.83 bits per heavy atom. The zero-order chi connectivity index (χ0) is 26.3. The summed E-state index contributed by atoms with van der Waals surface area (Å²) in [6.07, 6.45) is 0.537. The van der Waals surface area contributed by atoms with Crippen molar-refractivity contribution in [2.24, 2.45) is 0 Å². The van der Waals surface area contributed by atoms with Gasteiger partial charge in [0, 0.05) is 37.4 Å². The predicted molar refractivity (Wildman–Crippen MR) is 139 cm³/mol. The number of anilines is 2. The molecule has 0 atom stereocenters. The lowest BCUT2D eigenvalue weighted by Crippen LogP contribution is -2.41. The topological polar surface area (TPSA) is 88.5 Å². The Balaban J connectivity index is 1.81. The number of hydrogen-bond donors (Lipinski definition) is 2. The molecule has 0 fully saturated rings. The third-order valence-electron chi connectivity index (χ3n) is 5.56. The highest BCUT2D eigenvalue weighted by atomic mass is 19.1. The molecule has 9 heteroatoms. The molecule has 8 nitrogen and oxygen atoms in total. The van der Waals surface area contributed by atoms with E-state index < -0.39 is 11.8 Å². The fourth-order valence-electron chi connectivity index (χ4n) is 3.60. The average molecular weight is 496 g/mol. The first-order valence-electron chi connectivity index (χ1n) is 11.9. The molecular formula is C27H34FN5O3. The van der Waals surface area contributed by atoms with E-state index in [1.54, 1.807) is 17.9 Å². The maximum absolute atomic E-state index is 13.6. The van der Waals surface area contributed by atoms with Gasteiger partial charge in [0.25, 0.3) is 0 Å². The number of aromatic nitrogens is 2. The van der Waals surface area contributed by atoms with Crippen LogP contribution in [0.1, 0.15) is 38.4 Å². The highest BCUT2D eigenvalue weighted by molar-refractivity contribution is 5.96. The van der Waals surface area contributed by atoms with E-state index >= 15 is 0 Å². The van der Waals surface area contributed by atoms with E-state index in [9.17, 15) is 14.0 Å². The van der Waals surface area contributed by atoms with Crippen LogP contribution in [0.5, 0.6) is 0 Å². The van der Waals surface area contributed by atoms with Crippen LogP contribution < -0.4 is 10.6 Å². The molecule has 192 valence electrons. The smallest absolute Gasteiger partial charge is 0.322 e. The summed E-state index contributed by atoms with van der Waals surface area (Å²) in [4.78, 5) is 27.4. The molecule has 0 spiro atoms. The number of nitrogens with one attached hydrogen (secondary N) is 2. The fraction of sp³-hybridized carbons (Fsp3) is 0.370. The molecule has 1 aromatic heterocycles. The van der Waals surface area contributed by atoms with Gasteiger partial charge in [0.15, 0.2) is 0 Å². The Hall–Kier alpha value is -3.72. The number of amides is 3. The van der Waals surface area contributed by atoms with Crippen molar-refractivity contribution in [2.75, 3.05) is 37.4 Å². The Labute approximate surface area is 211 Å². The molecule has 3 amide bonds. The largest absolute Gasteiger partial charge is 0.385 e. The maximum atomic E-state index is 13.6. The van der Waals surface area contributed by atoms with E-state index in [1.165, 1.54) is 23.1 Å². The van der Waals surface area contributed by atoms with Gasteiger partial charge in [0.1, 0.15) is 18.2 Å². The van der Waals surface area contributed by atoms with Crippen molar-refractivity contribution in [1.82, 2.24) is 14.7 Å². The lowest BCUT2D eigenvalue weighted by molar-refractivity contribution is -0.116. The third-order valence-corrected chi connectivity index (χ3v) is 5.56. The molecular weight excluding hydrogens is 461 g/mol. The van der Waals surface area contributed by atoms with Crippen LogP contribution in [0, 0.1) is 12.7 Å². The number of carbonyl (C=O) groups excluding carboxylic acids is 2. The number of carbonyl (C=O) groups is 2. The van der Waals surface area contributed by atoms with Gasteiger partial charge >= 0.3 is 6.03 Å². The first-order valence-corrected chi connectivity index (χ1v) is 11.9. The molecule has 0 aliphatic heterocycles. The molecule has 2 aromatic carbocycles. The first-order chi connectivity index (χ1) is 17.1. The minimum absolute atomic E-state index is 0.200. The Morgan fingerprint density at radius 1 is 1.08 bits per heavy atom. The van der Waals surface area contributed by atoms with Gasteiger partial charge in [0.2, 0.25) is 5.91 Å². The summed E-state index contributed by atoms with van der Waals surface area (Å²) in [6, 6.07) is 14.7. The number of nitrogens with zero attached hydrogens (tertiary/aromatic N) is 3. The van der Waals surface area contributed by atoms with Gasteiger partial charge in [-0.15, -0.1) is 0 Å². The van der Waals surface area contributed by atoms with Gasteiger partial charge in [-0.25, -0.2) is 13.9 Å². The van der Waals surface area contributed by atoms with E-state index in [0.29, 0.717) is 24.5 Å². The minimum Gasteiger partial charge on any atom is -0.385 e. The second kappa shape index (κ2) is 11.8. The predicted octanol–water partition coefficient (Wildman–Crippen LogP) is 5.13. The maximum Gasteiger partial charge on any atom is 0.322 e. The van der Waals surface area contributed by atoms with Gasteiger partial charge in [-0.3, -0.25) is 4.79 Å². The molecule has 3 aromatic rings. The summed E-state index contributed by atoms with van der Waals surface area (Å²) in [5.41, 5.74) is 2.76. The van der Waals surface area contributed by atoms with E-state index in [2.05, 4.69) is 31.4 Å². The molecule has 0 saturated carbocycles. The summed E-state index contributed by atoms with van der Waals surface area (Å²) in [5, 5.41) is 10.3. The Bertz CT molecular complexity index is 1200. The lowest BCUT2D eigenvalue weighted by Gasteiger charge is -2.23. The summed E-state index contributed by atoms with van der Waals surface area (Å²) in [6.45, 7) is 8.65. The molecule has 0 saturated heterocycles. The van der Waals surface area contributed by atoms with Crippen LogP contribution in [0.4, 0.5) is 20.7 Å². The average Bonchev–Trinajstić information content (AvgIpc) is 3.23. The van der Waals surface area contributed by atoms with E-state index in [0.717, 1.165) is 16.9 Å². The number of benzene rings is 2. The number of urea groups is 1. The lowest BCUT2D eigenvalue weighted by atomic mass is 9.92. The molecule has 0 aliphatic rings. The van der Waals surface area contributed by atoms with Crippen LogP contribution in [0.3, 0.4) is 0 Å². The van der Waals surface area contributed by atoms with Crippen molar-refractivity contribution in [2.45, 2.75) is 39.5 Å². The first kappa shape index (κ1) is 26.9. The van der Waals surface area contributed by atoms with Crippen molar-refractivity contribution in [1.29, 1.82) is 0 Å². The van der Waals surface area contributed by atoms with E-state index in [4.69, 9.17) is 9.84 Å². The van der Waals surface area contributed by atoms with Gasteiger partial charge in [-0.1, -0.05) is 45.0 Å². The number of aryl methyl sites for hydroxylation is 1. The van der Waals surface area contributed by atoms with Gasteiger partial charge in [0.05, 0.1) is 11.4 Å². The molecule has 2 N–H and O–H groups in total. The summed E-state index contributed by atoms with van der Waals surface area (Å²) < 4.78 is 20.4. The number of hydrogen-bond acceptors (Lipinski definition) is 4. The van der Waals surface area contributed by atoms with Crippen molar-refractivity contribution < 1.29 is 18.7 Å². The van der Waals surface area contributed by atoms with Crippen LogP contribution in [-0.4, -0.2) is 53.4 Å². The van der Waals surface area contributed by atoms with Crippen molar-refractivity contribution in [3.63, 3.8) is 0 Å². The summed E-state index contributed by atoms with van der Waals surface area (Å²) in [7, 11) is 1.57. The van der Waals surface area contributed by atoms with Crippen molar-refractivity contribution in [3.05, 3.63) is 71.7 Å². The molecule has 36 heavy (non-hydrogen) atoms. The molecule has 3 rings (SSSR count). The van der Waals surface area contributed by atoms with Crippen LogP contribution in [-0.2, 0) is 14.9 Å². The zero-order valence-corrected chi connectivity index (χ0v) is 21.5. The van der Waals surface area contributed by atoms with Crippen LogP contribution in [0.2, 0.25) is 0 Å². The number of ether oxygens (including phenoxy) is 1. The molecule has 0 unspecified atom stereocenters. The summed E-state index contributed by atoms with van der Waals surface area (Å²) in [5.74, 6) is -0.325. The number of rotatable bonds is 9. The number of methoxy groups -OCH3 is 1. The standard InChI is InChI=1S/C27H34FN5O3/c1-19-10-6-7-13-22(19)33-24(17-23(31-33)27(2,3)4)30-25(34)18-32(14-9-15-36-5)26(35)29-21-12-8-11-20(28)16-21/h6-8,10-13,16-17H,9,14-15,18H2,1-5H3,(H,29,35)(H,30,34). The second-order valence-electron chi connectivity index (χ2n) is 9.62. The number of halogens is 1. The highest BCUT2D eigenvalue weighted by Gasteiger charge is 2.23. The van der Waals surface area contributed by atoms with Gasteiger partial charge in [-0.05, 0) is 43.2 Å². The fourth-order valence-corrected chi connectivity index (χ4v) is 3.60. The molecule has 1 heterocycles. The Kier molecular flexibility index (Phi) is 8.82. The van der Waals surface area contributed by atoms with E-state index in [-0.39, 0.29) is 24.4 Å². The highest BCUT2D eigenvalue weighted by Crippen LogP contribution is 2.27. The SMILES string of the molecule is COCCCN(CC(=O)Nc1cc(C(C)(C)C)nn1-c1ccccc1C)C(=O)Nc1cccc(F)c1. The molecule has 0 bridgehead atoms. The van der Waals surface area contributed by atoms with Crippen LogP contribution in [0.25, 0.3) is 5.69 Å². The zero-order valence-electron chi connectivity index (χ0n) is 21.5. The quantitative estimate of drug-likeness (QED) is 0.403. The molecule has 0 aliphatic carbocycles. The monoisotopic (exact) mass is 495 g/mol. The van der Waals surface area contributed by atoms with Crippen molar-refractivity contribution in [3.8, 4) is 5.69 Å². The minimum atomic E-state index is -0.505. The van der Waals surface area contributed by atoms with Gasteiger partial charge < -0.3 is 20.3 Å². The molecule has 0 radical (unpaired) electrons. The van der Waals surface area contributed by atoms with Crippen LogP contribution in [0.15, 0.2) is 54.6 Å². The third kappa shape index (κ3) is 7.14. The number of para-hydroxylation sites is 1. The normalized spacial score (nSPS) is 11.3. The summed E-state index contributed by atoms with van der Waals surface area (Å²) >= 11 is 0. The van der Waals surface area contributed by atoms with E-state index in [1.807, 2.05) is 37.3 Å². The van der Waals surface area contributed by atoms with Gasteiger partial charge in [-0.2, -0.15) is 5.10 Å². The second-order valence-corrected chi connectivity index (χ2v) is 9.62. The van der Waals surface area contributed by atoms with Crippen LogP contribution >= 0.6 is 0 Å². The Morgan fingerprint density at radius 3 is 2.50 bits per heavy atom. The van der Waals surface area contributed by atoms with Crippen molar-refractivity contribution >= 4 is 23.4 Å².